The smallest absolute Gasteiger partial charge is 0.330 e. The summed E-state index contributed by atoms with van der Waals surface area (Å²) < 4.78 is 31.8. The first-order valence-corrected chi connectivity index (χ1v) is 7.16. The van der Waals surface area contributed by atoms with E-state index < -0.39 is 23.1 Å². The Bertz CT molecular complexity index is 631. The van der Waals surface area contributed by atoms with Crippen LogP contribution in [0.3, 0.4) is 0 Å². The molecule has 0 fully saturated rings. The van der Waals surface area contributed by atoms with E-state index in [1.165, 1.54) is 31.4 Å². The Balaban J connectivity index is 2.34. The summed E-state index contributed by atoms with van der Waals surface area (Å²) in [4.78, 5) is 13.1. The number of ether oxygens (including phenoxy) is 1. The highest BCUT2D eigenvalue weighted by molar-refractivity contribution is 7.09. The first-order valence-electron chi connectivity index (χ1n) is 6.28. The molecule has 0 saturated carbocycles. The van der Waals surface area contributed by atoms with E-state index in [4.69, 9.17) is 4.74 Å². The van der Waals surface area contributed by atoms with E-state index in [1.807, 2.05) is 17.5 Å². The minimum atomic E-state index is -1.39. The molecule has 112 valence electrons. The van der Waals surface area contributed by atoms with Crippen LogP contribution in [0.5, 0.6) is 0 Å². The Kier molecular flexibility index (Phi) is 4.69. The van der Waals surface area contributed by atoms with Crippen LogP contribution in [0.1, 0.15) is 17.4 Å². The lowest BCUT2D eigenvalue weighted by molar-refractivity contribution is -0.148. The van der Waals surface area contributed by atoms with Crippen LogP contribution < -0.4 is 5.32 Å². The molecule has 2 aromatic rings. The average Bonchev–Trinajstić information content (AvgIpc) is 2.97. The second-order valence-electron chi connectivity index (χ2n) is 4.67. The summed E-state index contributed by atoms with van der Waals surface area (Å²) >= 11 is 1.52. The molecular weight excluding hydrogens is 296 g/mol. The highest BCUT2D eigenvalue weighted by Crippen LogP contribution is 2.26. The van der Waals surface area contributed by atoms with Crippen molar-refractivity contribution in [1.82, 2.24) is 5.32 Å². The van der Waals surface area contributed by atoms with E-state index in [2.05, 4.69) is 5.32 Å². The number of methoxy groups -OCH3 is 1. The van der Waals surface area contributed by atoms with Gasteiger partial charge in [-0.1, -0.05) is 12.1 Å². The predicted molar refractivity (Wildman–Crippen MR) is 76.9 cm³/mol. The van der Waals surface area contributed by atoms with Crippen LogP contribution >= 0.6 is 11.3 Å². The van der Waals surface area contributed by atoms with Crippen LogP contribution in [-0.4, -0.2) is 13.1 Å². The fraction of sp³-hybridized carbons (Fsp3) is 0.267. The second-order valence-corrected chi connectivity index (χ2v) is 5.71. The van der Waals surface area contributed by atoms with Crippen molar-refractivity contribution in [3.05, 3.63) is 57.8 Å². The lowest BCUT2D eigenvalue weighted by Gasteiger charge is -2.28. The number of carbonyl (C=O) groups is 1. The molecule has 1 heterocycles. The first-order chi connectivity index (χ1) is 9.97. The van der Waals surface area contributed by atoms with E-state index in [-0.39, 0.29) is 5.56 Å². The first kappa shape index (κ1) is 15.6. The number of rotatable bonds is 5. The van der Waals surface area contributed by atoms with Crippen molar-refractivity contribution in [3.63, 3.8) is 0 Å². The molecule has 0 saturated heterocycles. The largest absolute Gasteiger partial charge is 0.467 e. The van der Waals surface area contributed by atoms with Crippen molar-refractivity contribution in [3.8, 4) is 0 Å². The molecule has 0 amide bonds. The molecular formula is C15H15F2NO2S. The zero-order chi connectivity index (χ0) is 15.5. The number of benzene rings is 1. The van der Waals surface area contributed by atoms with Gasteiger partial charge in [0.25, 0.3) is 0 Å². The van der Waals surface area contributed by atoms with Crippen molar-refractivity contribution in [1.29, 1.82) is 0 Å². The van der Waals surface area contributed by atoms with E-state index >= 15 is 0 Å². The normalized spacial score (nSPS) is 13.7. The molecule has 1 N–H and O–H groups in total. The molecule has 21 heavy (non-hydrogen) atoms. The van der Waals surface area contributed by atoms with Crippen LogP contribution in [0, 0.1) is 11.6 Å². The second kappa shape index (κ2) is 6.32. The highest BCUT2D eigenvalue weighted by Gasteiger charge is 2.38. The summed E-state index contributed by atoms with van der Waals surface area (Å²) in [6.45, 7) is 1.89. The Morgan fingerprint density at radius 2 is 2.14 bits per heavy atom. The van der Waals surface area contributed by atoms with Crippen LogP contribution in [0.2, 0.25) is 0 Å². The van der Waals surface area contributed by atoms with Crippen LogP contribution in [0.25, 0.3) is 0 Å². The van der Waals surface area contributed by atoms with Crippen LogP contribution in [0.4, 0.5) is 8.78 Å². The monoisotopic (exact) mass is 311 g/mol. The third kappa shape index (κ3) is 3.28. The zero-order valence-corrected chi connectivity index (χ0v) is 12.5. The van der Waals surface area contributed by atoms with E-state index in [0.717, 1.165) is 17.0 Å². The standard InChI is InChI=1S/C15H15F2NO2S/c1-15(14(19)20-2,18-9-11-4-3-7-21-11)12-6-5-10(16)8-13(12)17/h3-8,18H,9H2,1-2H3. The van der Waals surface area contributed by atoms with Gasteiger partial charge in [0.05, 0.1) is 7.11 Å². The number of hydrogen-bond donors (Lipinski definition) is 1. The van der Waals surface area contributed by atoms with Crippen molar-refractivity contribution in [2.75, 3.05) is 7.11 Å². The van der Waals surface area contributed by atoms with Gasteiger partial charge < -0.3 is 4.74 Å². The molecule has 0 aliphatic heterocycles. The molecule has 1 atom stereocenters. The van der Waals surface area contributed by atoms with Gasteiger partial charge in [0.2, 0.25) is 0 Å². The lowest BCUT2D eigenvalue weighted by atomic mass is 9.91. The van der Waals surface area contributed by atoms with Gasteiger partial charge in [0.1, 0.15) is 17.2 Å². The fourth-order valence-corrected chi connectivity index (χ4v) is 2.70. The van der Waals surface area contributed by atoms with Crippen molar-refractivity contribution >= 4 is 17.3 Å². The van der Waals surface area contributed by atoms with Crippen molar-refractivity contribution in [2.24, 2.45) is 0 Å². The van der Waals surface area contributed by atoms with Gasteiger partial charge in [-0.25, -0.2) is 13.6 Å². The molecule has 1 aromatic heterocycles. The molecule has 6 heteroatoms. The van der Waals surface area contributed by atoms with Gasteiger partial charge in [-0.2, -0.15) is 0 Å². The summed E-state index contributed by atoms with van der Waals surface area (Å²) in [5, 5.41) is 4.91. The Labute approximate surface area is 125 Å². The number of nitrogens with one attached hydrogen (secondary N) is 1. The summed E-state index contributed by atoms with van der Waals surface area (Å²) in [6.07, 6.45) is 0. The minimum Gasteiger partial charge on any atom is -0.467 e. The quantitative estimate of drug-likeness (QED) is 0.862. The SMILES string of the molecule is COC(=O)C(C)(NCc1cccs1)c1ccc(F)cc1F. The third-order valence-electron chi connectivity index (χ3n) is 3.26. The zero-order valence-electron chi connectivity index (χ0n) is 11.7. The molecule has 1 unspecified atom stereocenters. The number of thiophene rings is 1. The Morgan fingerprint density at radius 3 is 2.71 bits per heavy atom. The number of carbonyl (C=O) groups excluding carboxylic acids is 1. The van der Waals surface area contributed by atoms with Crippen LogP contribution in [-0.2, 0) is 21.6 Å². The predicted octanol–water partition coefficient (Wildman–Crippen LogP) is 3.20. The molecule has 3 nitrogen and oxygen atoms in total. The number of hydrogen-bond acceptors (Lipinski definition) is 4. The maximum atomic E-state index is 14.0. The minimum absolute atomic E-state index is 0.0484. The molecule has 0 aliphatic rings. The van der Waals surface area contributed by atoms with E-state index in [1.54, 1.807) is 0 Å². The summed E-state index contributed by atoms with van der Waals surface area (Å²) in [5.74, 6) is -2.12. The number of esters is 1. The van der Waals surface area contributed by atoms with Gasteiger partial charge >= 0.3 is 5.97 Å². The van der Waals surface area contributed by atoms with E-state index in [9.17, 15) is 13.6 Å². The molecule has 0 bridgehead atoms. The third-order valence-corrected chi connectivity index (χ3v) is 4.14. The van der Waals surface area contributed by atoms with Gasteiger partial charge in [0.15, 0.2) is 0 Å². The maximum Gasteiger partial charge on any atom is 0.330 e. The topological polar surface area (TPSA) is 38.3 Å². The molecule has 0 spiro atoms. The van der Waals surface area contributed by atoms with Crippen molar-refractivity contribution in [2.45, 2.75) is 19.0 Å². The Morgan fingerprint density at radius 1 is 1.38 bits per heavy atom. The molecule has 2 rings (SSSR count). The number of halogens is 2. The maximum absolute atomic E-state index is 14.0. The average molecular weight is 311 g/mol. The Hall–Kier alpha value is -1.79. The summed E-state index contributed by atoms with van der Waals surface area (Å²) in [7, 11) is 1.23. The van der Waals surface area contributed by atoms with Crippen molar-refractivity contribution < 1.29 is 18.3 Å². The molecule has 1 aromatic carbocycles. The highest BCUT2D eigenvalue weighted by atomic mass is 32.1. The van der Waals surface area contributed by atoms with Gasteiger partial charge in [-0.3, -0.25) is 5.32 Å². The molecule has 0 radical (unpaired) electrons. The van der Waals surface area contributed by atoms with Gasteiger partial charge in [-0.05, 0) is 24.4 Å². The molecule has 0 aliphatic carbocycles. The lowest BCUT2D eigenvalue weighted by Crippen LogP contribution is -2.47. The van der Waals surface area contributed by atoms with E-state index in [0.29, 0.717) is 6.54 Å². The van der Waals surface area contributed by atoms with Gasteiger partial charge in [0, 0.05) is 23.1 Å². The van der Waals surface area contributed by atoms with Gasteiger partial charge in [-0.15, -0.1) is 11.3 Å². The summed E-state index contributed by atoms with van der Waals surface area (Å²) in [5.41, 5.74) is -1.34. The fourth-order valence-electron chi connectivity index (χ4n) is 2.05. The summed E-state index contributed by atoms with van der Waals surface area (Å²) in [6, 6.07) is 6.91. The van der Waals surface area contributed by atoms with Crippen LogP contribution in [0.15, 0.2) is 35.7 Å².